The molecule has 1 nitrogen and oxygen atoms in total. The molecule has 0 spiro atoms. The molecule has 0 aliphatic rings. The Morgan fingerprint density at radius 1 is 0.354 bits per heavy atom. The van der Waals surface area contributed by atoms with E-state index in [1.165, 1.54) is 64.3 Å². The number of thiophene rings is 1. The standard InChI is InChI=1S/C46H31NS/c1-4-12-32(13-5-1)36-23-28-43(42(30-36)34-14-6-2-7-15-34)47(38-17-8-3-9-18-38)39-25-20-33(21-26-39)37-22-27-41-45(31-37)48-44-29-24-35-16-10-11-19-40(35)46(41)44/h1-31H. The van der Waals surface area contributed by atoms with E-state index >= 15 is 0 Å². The van der Waals surface area contributed by atoms with Crippen LogP contribution in [0, 0.1) is 0 Å². The zero-order valence-corrected chi connectivity index (χ0v) is 27.1. The number of hydrogen-bond donors (Lipinski definition) is 0. The maximum atomic E-state index is 2.38. The highest BCUT2D eigenvalue weighted by atomic mass is 32.1. The minimum absolute atomic E-state index is 1.11. The van der Waals surface area contributed by atoms with Gasteiger partial charge in [-0.15, -0.1) is 11.3 Å². The molecule has 48 heavy (non-hydrogen) atoms. The summed E-state index contributed by atoms with van der Waals surface area (Å²) in [6.45, 7) is 0. The Morgan fingerprint density at radius 3 is 1.71 bits per heavy atom. The highest BCUT2D eigenvalue weighted by molar-refractivity contribution is 7.26. The van der Waals surface area contributed by atoms with Gasteiger partial charge >= 0.3 is 0 Å². The summed E-state index contributed by atoms with van der Waals surface area (Å²) in [7, 11) is 0. The molecule has 0 N–H and O–H groups in total. The van der Waals surface area contributed by atoms with E-state index in [1.54, 1.807) is 0 Å². The van der Waals surface area contributed by atoms with Gasteiger partial charge in [-0.2, -0.15) is 0 Å². The van der Waals surface area contributed by atoms with Gasteiger partial charge in [-0.1, -0.05) is 140 Å². The molecule has 0 fully saturated rings. The molecule has 8 aromatic carbocycles. The van der Waals surface area contributed by atoms with Crippen LogP contribution in [-0.4, -0.2) is 0 Å². The lowest BCUT2D eigenvalue weighted by atomic mass is 9.96. The van der Waals surface area contributed by atoms with Crippen molar-refractivity contribution in [2.45, 2.75) is 0 Å². The molecule has 0 aliphatic heterocycles. The third-order valence-corrected chi connectivity index (χ3v) is 10.4. The average molecular weight is 630 g/mol. The van der Waals surface area contributed by atoms with Crippen LogP contribution in [0.15, 0.2) is 188 Å². The molecule has 0 atom stereocenters. The van der Waals surface area contributed by atoms with Gasteiger partial charge in [-0.05, 0) is 87.1 Å². The van der Waals surface area contributed by atoms with Crippen molar-refractivity contribution in [2.24, 2.45) is 0 Å². The van der Waals surface area contributed by atoms with E-state index < -0.39 is 0 Å². The largest absolute Gasteiger partial charge is 0.310 e. The average Bonchev–Trinajstić information content (AvgIpc) is 3.55. The summed E-state index contributed by atoms with van der Waals surface area (Å²) in [5.41, 5.74) is 10.6. The van der Waals surface area contributed by atoms with Crippen molar-refractivity contribution >= 4 is 59.3 Å². The molecule has 0 saturated heterocycles. The van der Waals surface area contributed by atoms with Gasteiger partial charge in [0.25, 0.3) is 0 Å². The van der Waals surface area contributed by atoms with Crippen LogP contribution in [0.1, 0.15) is 0 Å². The maximum absolute atomic E-state index is 2.38. The van der Waals surface area contributed by atoms with Crippen molar-refractivity contribution in [3.8, 4) is 33.4 Å². The Balaban J connectivity index is 1.15. The Morgan fingerprint density at radius 2 is 0.938 bits per heavy atom. The lowest BCUT2D eigenvalue weighted by molar-refractivity contribution is 1.28. The number of benzene rings is 8. The molecule has 1 aromatic heterocycles. The normalized spacial score (nSPS) is 11.3. The van der Waals surface area contributed by atoms with Crippen molar-refractivity contribution in [1.82, 2.24) is 0 Å². The lowest BCUT2D eigenvalue weighted by Crippen LogP contribution is -2.11. The van der Waals surface area contributed by atoms with Gasteiger partial charge in [0, 0.05) is 37.1 Å². The second-order valence-electron chi connectivity index (χ2n) is 12.2. The topological polar surface area (TPSA) is 3.24 Å². The summed E-state index contributed by atoms with van der Waals surface area (Å²) in [6.07, 6.45) is 0. The van der Waals surface area contributed by atoms with Gasteiger partial charge in [0.1, 0.15) is 0 Å². The summed E-state index contributed by atoms with van der Waals surface area (Å²) >= 11 is 1.88. The van der Waals surface area contributed by atoms with Crippen molar-refractivity contribution < 1.29 is 0 Å². The number of anilines is 3. The fourth-order valence-electron chi connectivity index (χ4n) is 6.92. The predicted molar refractivity (Wildman–Crippen MR) is 208 cm³/mol. The van der Waals surface area contributed by atoms with Crippen molar-refractivity contribution in [3.63, 3.8) is 0 Å². The molecule has 0 bridgehead atoms. The van der Waals surface area contributed by atoms with Crippen LogP contribution >= 0.6 is 11.3 Å². The molecular weight excluding hydrogens is 599 g/mol. The smallest absolute Gasteiger partial charge is 0.0540 e. The van der Waals surface area contributed by atoms with Crippen LogP contribution in [0.2, 0.25) is 0 Å². The van der Waals surface area contributed by atoms with Crippen LogP contribution in [0.25, 0.3) is 64.3 Å². The van der Waals surface area contributed by atoms with Crippen molar-refractivity contribution in [1.29, 1.82) is 0 Å². The monoisotopic (exact) mass is 629 g/mol. The third-order valence-electron chi connectivity index (χ3n) is 9.26. The predicted octanol–water partition coefficient (Wildman–Crippen LogP) is 13.7. The molecular formula is C46H31NS. The fourth-order valence-corrected chi connectivity index (χ4v) is 8.08. The number of fused-ring (bicyclic) bond motifs is 5. The van der Waals surface area contributed by atoms with Crippen LogP contribution in [0.3, 0.4) is 0 Å². The Kier molecular flexibility index (Phi) is 7.07. The van der Waals surface area contributed by atoms with E-state index in [2.05, 4.69) is 193 Å². The lowest BCUT2D eigenvalue weighted by Gasteiger charge is -2.28. The van der Waals surface area contributed by atoms with Crippen LogP contribution in [-0.2, 0) is 0 Å². The van der Waals surface area contributed by atoms with Gasteiger partial charge in [0.05, 0.1) is 5.69 Å². The van der Waals surface area contributed by atoms with E-state index in [9.17, 15) is 0 Å². The second-order valence-corrected chi connectivity index (χ2v) is 13.2. The highest BCUT2D eigenvalue weighted by Crippen LogP contribution is 2.44. The number of para-hydroxylation sites is 1. The zero-order valence-electron chi connectivity index (χ0n) is 26.3. The maximum Gasteiger partial charge on any atom is 0.0540 e. The van der Waals surface area contributed by atoms with Gasteiger partial charge in [0.2, 0.25) is 0 Å². The summed E-state index contributed by atoms with van der Waals surface area (Å²) in [6, 6.07) is 68.0. The fraction of sp³-hybridized carbons (Fsp3) is 0. The first-order chi connectivity index (χ1) is 23.8. The van der Waals surface area contributed by atoms with Gasteiger partial charge in [0.15, 0.2) is 0 Å². The zero-order chi connectivity index (χ0) is 31.9. The summed E-state index contributed by atoms with van der Waals surface area (Å²) in [5.74, 6) is 0. The summed E-state index contributed by atoms with van der Waals surface area (Å²) < 4.78 is 2.65. The molecule has 0 saturated carbocycles. The summed E-state index contributed by atoms with van der Waals surface area (Å²) in [4.78, 5) is 2.38. The molecule has 226 valence electrons. The van der Waals surface area contributed by atoms with Crippen LogP contribution in [0.4, 0.5) is 17.1 Å². The molecule has 0 aliphatic carbocycles. The van der Waals surface area contributed by atoms with E-state index in [4.69, 9.17) is 0 Å². The van der Waals surface area contributed by atoms with Gasteiger partial charge in [-0.25, -0.2) is 0 Å². The van der Waals surface area contributed by atoms with E-state index in [1.807, 2.05) is 11.3 Å². The molecule has 0 amide bonds. The van der Waals surface area contributed by atoms with Gasteiger partial charge < -0.3 is 4.90 Å². The van der Waals surface area contributed by atoms with Crippen molar-refractivity contribution in [2.75, 3.05) is 4.90 Å². The first-order valence-corrected chi connectivity index (χ1v) is 17.2. The molecule has 9 rings (SSSR count). The molecule has 2 heteroatoms. The molecule has 1 heterocycles. The number of nitrogens with zero attached hydrogens (tertiary/aromatic N) is 1. The first kappa shape index (κ1) is 28.3. The number of rotatable bonds is 6. The minimum Gasteiger partial charge on any atom is -0.310 e. The highest BCUT2D eigenvalue weighted by Gasteiger charge is 2.18. The molecule has 0 unspecified atom stereocenters. The molecule has 9 aromatic rings. The van der Waals surface area contributed by atoms with E-state index in [0.717, 1.165) is 17.1 Å². The minimum atomic E-state index is 1.11. The Hall–Kier alpha value is -5.96. The Labute approximate surface area is 284 Å². The van der Waals surface area contributed by atoms with E-state index in [-0.39, 0.29) is 0 Å². The van der Waals surface area contributed by atoms with Gasteiger partial charge in [-0.3, -0.25) is 0 Å². The quantitative estimate of drug-likeness (QED) is 0.177. The SMILES string of the molecule is c1ccc(-c2ccc(N(c3ccccc3)c3ccc(-c4ccc5c(c4)sc4ccc6ccccc6c45)cc3)c(-c3ccccc3)c2)cc1. The molecule has 0 radical (unpaired) electrons. The first-order valence-electron chi connectivity index (χ1n) is 16.3. The number of hydrogen-bond acceptors (Lipinski definition) is 2. The summed E-state index contributed by atoms with van der Waals surface area (Å²) in [5, 5.41) is 5.30. The Bertz CT molecular complexity index is 2530. The third kappa shape index (κ3) is 5.04. The van der Waals surface area contributed by atoms with Crippen molar-refractivity contribution in [3.05, 3.63) is 188 Å². The van der Waals surface area contributed by atoms with E-state index in [0.29, 0.717) is 0 Å². The van der Waals surface area contributed by atoms with Crippen LogP contribution < -0.4 is 4.90 Å². The van der Waals surface area contributed by atoms with Crippen LogP contribution in [0.5, 0.6) is 0 Å². The second kappa shape index (κ2) is 12.0.